The van der Waals surface area contributed by atoms with Gasteiger partial charge < -0.3 is 4.90 Å². The fourth-order valence-electron chi connectivity index (χ4n) is 0.460. The number of rotatable bonds is 4. The average molecular weight is 151 g/mol. The Bertz CT molecular complexity index is 178. The molecule has 0 rings (SSSR count). The van der Waals surface area contributed by atoms with Gasteiger partial charge in [0.2, 0.25) is 0 Å². The Kier molecular flexibility index (Phi) is 5.99. The number of allylic oxidation sites excluding steroid dienone is 5. The summed E-state index contributed by atoms with van der Waals surface area (Å²) in [6.07, 6.45) is 11.4. The summed E-state index contributed by atoms with van der Waals surface area (Å²) in [7, 11) is 3.90. The molecular formula is C9H13NO. The Morgan fingerprint density at radius 1 is 0.909 bits per heavy atom. The maximum absolute atomic E-state index is 9.80. The van der Waals surface area contributed by atoms with Gasteiger partial charge in [-0.15, -0.1) is 0 Å². The molecule has 11 heavy (non-hydrogen) atoms. The van der Waals surface area contributed by atoms with Gasteiger partial charge in [-0.05, 0) is 18.4 Å². The Hall–Kier alpha value is -1.31. The summed E-state index contributed by atoms with van der Waals surface area (Å²) in [6.45, 7) is 0. The topological polar surface area (TPSA) is 20.3 Å². The summed E-state index contributed by atoms with van der Waals surface area (Å²) in [5, 5.41) is 0. The largest absolute Gasteiger partial charge is 0.383 e. The number of aldehydes is 1. The van der Waals surface area contributed by atoms with Crippen molar-refractivity contribution in [1.29, 1.82) is 0 Å². The van der Waals surface area contributed by atoms with Crippen molar-refractivity contribution in [2.75, 3.05) is 14.1 Å². The minimum absolute atomic E-state index is 0.750. The van der Waals surface area contributed by atoms with Gasteiger partial charge in [-0.1, -0.05) is 18.2 Å². The number of carbonyl (C=O) groups is 1. The summed E-state index contributed by atoms with van der Waals surface area (Å²) in [5.74, 6) is 0. The molecule has 0 amide bonds. The minimum atomic E-state index is 0.750. The van der Waals surface area contributed by atoms with E-state index in [1.165, 1.54) is 6.08 Å². The van der Waals surface area contributed by atoms with Crippen LogP contribution in [0.15, 0.2) is 36.6 Å². The molecule has 0 saturated heterocycles. The third kappa shape index (κ3) is 8.69. The van der Waals surface area contributed by atoms with Gasteiger partial charge in [0, 0.05) is 14.1 Å². The predicted octanol–water partition coefficient (Wildman–Crippen LogP) is 1.37. The van der Waals surface area contributed by atoms with Crippen molar-refractivity contribution in [2.45, 2.75) is 0 Å². The van der Waals surface area contributed by atoms with Crippen molar-refractivity contribution in [1.82, 2.24) is 4.90 Å². The molecule has 0 aliphatic carbocycles. The van der Waals surface area contributed by atoms with Crippen LogP contribution in [0.2, 0.25) is 0 Å². The lowest BCUT2D eigenvalue weighted by Crippen LogP contribution is -1.99. The van der Waals surface area contributed by atoms with Crippen molar-refractivity contribution in [3.63, 3.8) is 0 Å². The Morgan fingerprint density at radius 3 is 2.00 bits per heavy atom. The van der Waals surface area contributed by atoms with E-state index >= 15 is 0 Å². The summed E-state index contributed by atoms with van der Waals surface area (Å²) in [5.41, 5.74) is 0. The molecule has 0 aromatic rings. The van der Waals surface area contributed by atoms with E-state index in [0.717, 1.165) is 6.29 Å². The second kappa shape index (κ2) is 6.81. The predicted molar refractivity (Wildman–Crippen MR) is 47.2 cm³/mol. The molecule has 0 N–H and O–H groups in total. The molecule has 0 saturated carbocycles. The first-order valence-electron chi connectivity index (χ1n) is 3.39. The molecule has 0 unspecified atom stereocenters. The molecule has 0 aliphatic rings. The fraction of sp³-hybridized carbons (Fsp3) is 0.222. The number of hydrogen-bond donors (Lipinski definition) is 0. The van der Waals surface area contributed by atoms with Gasteiger partial charge in [0.05, 0.1) is 0 Å². The molecule has 0 aromatic carbocycles. The maximum Gasteiger partial charge on any atom is 0.142 e. The third-order valence-electron chi connectivity index (χ3n) is 0.907. The Morgan fingerprint density at radius 2 is 1.45 bits per heavy atom. The maximum atomic E-state index is 9.80. The van der Waals surface area contributed by atoms with Crippen LogP contribution in [0.1, 0.15) is 0 Å². The van der Waals surface area contributed by atoms with Gasteiger partial charge in [0.15, 0.2) is 0 Å². The average Bonchev–Trinajstić information content (AvgIpc) is 1.96. The lowest BCUT2D eigenvalue weighted by atomic mass is 10.4. The summed E-state index contributed by atoms with van der Waals surface area (Å²) < 4.78 is 0. The molecule has 0 spiro atoms. The molecule has 60 valence electrons. The second-order valence-electron chi connectivity index (χ2n) is 2.21. The van der Waals surface area contributed by atoms with Crippen LogP contribution in [0.25, 0.3) is 0 Å². The van der Waals surface area contributed by atoms with Crippen LogP contribution in [0.3, 0.4) is 0 Å². The molecule has 0 fully saturated rings. The van der Waals surface area contributed by atoms with E-state index in [1.807, 2.05) is 37.3 Å². The monoisotopic (exact) mass is 151 g/mol. The van der Waals surface area contributed by atoms with E-state index < -0.39 is 0 Å². The smallest absolute Gasteiger partial charge is 0.142 e. The van der Waals surface area contributed by atoms with Gasteiger partial charge in [-0.2, -0.15) is 0 Å². The van der Waals surface area contributed by atoms with E-state index in [4.69, 9.17) is 0 Å². The standard InChI is InChI=1S/C9H13NO/c1-10(2)8-6-4-3-5-7-9-11/h3-9H,1-2H3. The van der Waals surface area contributed by atoms with Crippen molar-refractivity contribution in [2.24, 2.45) is 0 Å². The highest BCUT2D eigenvalue weighted by atomic mass is 16.1. The van der Waals surface area contributed by atoms with Crippen LogP contribution < -0.4 is 0 Å². The van der Waals surface area contributed by atoms with Crippen LogP contribution in [-0.2, 0) is 4.79 Å². The van der Waals surface area contributed by atoms with E-state index in [1.54, 1.807) is 12.2 Å². The first kappa shape index (κ1) is 9.69. The zero-order chi connectivity index (χ0) is 8.53. The Labute approximate surface area is 67.5 Å². The highest BCUT2D eigenvalue weighted by Gasteiger charge is 1.69. The van der Waals surface area contributed by atoms with Gasteiger partial charge in [-0.25, -0.2) is 0 Å². The van der Waals surface area contributed by atoms with Gasteiger partial charge >= 0.3 is 0 Å². The van der Waals surface area contributed by atoms with Crippen LogP contribution in [0, 0.1) is 0 Å². The van der Waals surface area contributed by atoms with E-state index in [9.17, 15) is 4.79 Å². The lowest BCUT2D eigenvalue weighted by molar-refractivity contribution is -0.104. The number of nitrogens with zero attached hydrogens (tertiary/aromatic N) is 1. The molecule has 0 heterocycles. The van der Waals surface area contributed by atoms with E-state index in [0.29, 0.717) is 0 Å². The second-order valence-corrected chi connectivity index (χ2v) is 2.21. The van der Waals surface area contributed by atoms with E-state index in [-0.39, 0.29) is 0 Å². The normalized spacial score (nSPS) is 11.8. The summed E-state index contributed by atoms with van der Waals surface area (Å²) >= 11 is 0. The molecular weight excluding hydrogens is 138 g/mol. The van der Waals surface area contributed by atoms with Crippen molar-refractivity contribution < 1.29 is 4.79 Å². The lowest BCUT2D eigenvalue weighted by Gasteiger charge is -2.00. The molecule has 2 nitrogen and oxygen atoms in total. The van der Waals surface area contributed by atoms with Gasteiger partial charge in [0.1, 0.15) is 6.29 Å². The highest BCUT2D eigenvalue weighted by molar-refractivity contribution is 5.65. The van der Waals surface area contributed by atoms with Crippen molar-refractivity contribution >= 4 is 6.29 Å². The van der Waals surface area contributed by atoms with Crippen molar-refractivity contribution in [3.05, 3.63) is 36.6 Å². The van der Waals surface area contributed by atoms with Crippen molar-refractivity contribution in [3.8, 4) is 0 Å². The fourth-order valence-corrected chi connectivity index (χ4v) is 0.460. The molecule has 0 radical (unpaired) electrons. The summed E-state index contributed by atoms with van der Waals surface area (Å²) in [6, 6.07) is 0. The molecule has 0 aromatic heterocycles. The minimum Gasteiger partial charge on any atom is -0.383 e. The number of hydrogen-bond acceptors (Lipinski definition) is 2. The first-order valence-corrected chi connectivity index (χ1v) is 3.39. The molecule has 0 atom stereocenters. The highest BCUT2D eigenvalue weighted by Crippen LogP contribution is 1.81. The van der Waals surface area contributed by atoms with Gasteiger partial charge in [0.25, 0.3) is 0 Å². The first-order chi connectivity index (χ1) is 5.27. The SMILES string of the molecule is CN(C)C=CC=CC=CC=O. The van der Waals surface area contributed by atoms with Crippen LogP contribution in [-0.4, -0.2) is 25.3 Å². The van der Waals surface area contributed by atoms with E-state index in [2.05, 4.69) is 0 Å². The molecule has 0 bridgehead atoms. The third-order valence-corrected chi connectivity index (χ3v) is 0.907. The van der Waals surface area contributed by atoms with Crippen LogP contribution >= 0.6 is 0 Å². The molecule has 0 aliphatic heterocycles. The molecule has 2 heteroatoms. The summed E-state index contributed by atoms with van der Waals surface area (Å²) in [4.78, 5) is 11.7. The zero-order valence-electron chi connectivity index (χ0n) is 6.90. The van der Waals surface area contributed by atoms with Gasteiger partial charge in [-0.3, -0.25) is 4.79 Å². The zero-order valence-corrected chi connectivity index (χ0v) is 6.90. The quantitative estimate of drug-likeness (QED) is 0.343. The van der Waals surface area contributed by atoms with Crippen LogP contribution in [0.4, 0.5) is 0 Å². The number of carbonyl (C=O) groups excluding carboxylic acids is 1. The Balaban J connectivity index is 3.59. The van der Waals surface area contributed by atoms with Crippen LogP contribution in [0.5, 0.6) is 0 Å².